The van der Waals surface area contributed by atoms with E-state index in [1.165, 1.54) is 9.75 Å². The lowest BCUT2D eigenvalue weighted by Crippen LogP contribution is -2.57. The topological polar surface area (TPSA) is 91.6 Å². The first-order valence-electron chi connectivity index (χ1n) is 11.4. The number of carbonyl (C=O) groups excluding carboxylic acids is 2. The van der Waals surface area contributed by atoms with Crippen molar-refractivity contribution in [3.05, 3.63) is 52.0 Å². The van der Waals surface area contributed by atoms with Crippen molar-refractivity contribution in [3.63, 3.8) is 0 Å². The number of aromatic nitrogens is 1. The van der Waals surface area contributed by atoms with Crippen molar-refractivity contribution in [1.29, 1.82) is 0 Å². The Bertz CT molecular complexity index is 886. The number of nitrogens with two attached hydrogens (primary N) is 1. The lowest BCUT2D eigenvalue weighted by molar-refractivity contribution is -0.127. The molecule has 174 valence electrons. The van der Waals surface area contributed by atoms with Crippen LogP contribution >= 0.6 is 11.3 Å². The van der Waals surface area contributed by atoms with Gasteiger partial charge < -0.3 is 16.0 Å². The first-order valence-corrected chi connectivity index (χ1v) is 12.2. The molecular formula is C24H35N5O2S. The Labute approximate surface area is 195 Å². The highest BCUT2D eigenvalue weighted by Crippen LogP contribution is 2.27. The van der Waals surface area contributed by atoms with E-state index >= 15 is 0 Å². The molecule has 1 saturated heterocycles. The van der Waals surface area contributed by atoms with Crippen LogP contribution in [0.2, 0.25) is 0 Å². The van der Waals surface area contributed by atoms with E-state index in [9.17, 15) is 9.59 Å². The molecule has 2 amide bonds. The number of hydrogen-bond acceptors (Lipinski definition) is 6. The third-order valence-electron chi connectivity index (χ3n) is 5.76. The van der Waals surface area contributed by atoms with Crippen LogP contribution < -0.4 is 11.1 Å². The number of likely N-dealkylation sites (tertiary alicyclic amines) is 1. The minimum Gasteiger partial charge on any atom is -0.353 e. The van der Waals surface area contributed by atoms with Crippen molar-refractivity contribution in [2.75, 3.05) is 26.2 Å². The van der Waals surface area contributed by atoms with Gasteiger partial charge in [-0.15, -0.1) is 11.3 Å². The summed E-state index contributed by atoms with van der Waals surface area (Å²) in [5.74, 6) is 0.234. The van der Waals surface area contributed by atoms with E-state index in [1.807, 2.05) is 11.3 Å². The van der Waals surface area contributed by atoms with Crippen LogP contribution in [0.1, 0.15) is 46.8 Å². The molecule has 1 aliphatic heterocycles. The van der Waals surface area contributed by atoms with Crippen LogP contribution in [0.15, 0.2) is 36.7 Å². The lowest BCUT2D eigenvalue weighted by atomic mass is 9.93. The molecule has 3 N–H and O–H groups in total. The largest absolute Gasteiger partial charge is 0.353 e. The summed E-state index contributed by atoms with van der Waals surface area (Å²) in [5.41, 5.74) is 6.11. The van der Waals surface area contributed by atoms with Crippen LogP contribution in [0.25, 0.3) is 0 Å². The molecule has 3 rings (SSSR count). The minimum absolute atomic E-state index is 0.131. The van der Waals surface area contributed by atoms with Crippen molar-refractivity contribution in [2.24, 2.45) is 11.7 Å². The quantitative estimate of drug-likeness (QED) is 0.604. The molecule has 1 fully saturated rings. The average Bonchev–Trinajstić information content (AvgIpc) is 3.21. The second-order valence-electron chi connectivity index (χ2n) is 8.85. The van der Waals surface area contributed by atoms with E-state index in [4.69, 9.17) is 5.73 Å². The number of nitrogens with zero attached hydrogens (tertiary/aromatic N) is 3. The van der Waals surface area contributed by atoms with Crippen molar-refractivity contribution in [2.45, 2.75) is 52.2 Å². The van der Waals surface area contributed by atoms with Crippen molar-refractivity contribution in [3.8, 4) is 0 Å². The number of aryl methyl sites for hydroxylation is 1. The molecule has 1 aliphatic rings. The predicted molar refractivity (Wildman–Crippen MR) is 128 cm³/mol. The number of nitrogens with one attached hydrogen (secondary N) is 1. The Morgan fingerprint density at radius 1 is 1.34 bits per heavy atom. The standard InChI is InChI=1S/C24H35N5O2S/c1-17(2)15-28(16-21-7-6-18(3)32-21)20-8-12-29(22(13-20)23(30)27-11-9-25)24(31)19-5-4-10-26-14-19/h4-7,10,14,17,20,22H,8-9,11-13,15-16,25H2,1-3H3,(H,27,30)/t20?,22-/m1/s1. The predicted octanol–water partition coefficient (Wildman–Crippen LogP) is 2.66. The van der Waals surface area contributed by atoms with Crippen molar-refractivity contribution in [1.82, 2.24) is 20.1 Å². The molecule has 8 heteroatoms. The number of carbonyl (C=O) groups is 2. The zero-order valence-electron chi connectivity index (χ0n) is 19.3. The van der Waals surface area contributed by atoms with Crippen LogP contribution in [0.3, 0.4) is 0 Å². The Hall–Kier alpha value is -2.29. The van der Waals surface area contributed by atoms with E-state index in [0.717, 1.165) is 19.5 Å². The van der Waals surface area contributed by atoms with E-state index in [0.29, 0.717) is 37.5 Å². The maximum atomic E-state index is 13.2. The summed E-state index contributed by atoms with van der Waals surface area (Å²) < 4.78 is 0. The Kier molecular flexibility index (Phi) is 8.78. The molecule has 32 heavy (non-hydrogen) atoms. The monoisotopic (exact) mass is 457 g/mol. The number of pyridine rings is 1. The fourth-order valence-corrected chi connectivity index (χ4v) is 5.24. The van der Waals surface area contributed by atoms with E-state index in [2.05, 4.69) is 48.1 Å². The molecule has 0 aromatic carbocycles. The smallest absolute Gasteiger partial charge is 0.256 e. The van der Waals surface area contributed by atoms with E-state index in [-0.39, 0.29) is 17.9 Å². The van der Waals surface area contributed by atoms with Gasteiger partial charge in [0.05, 0.1) is 5.56 Å². The molecule has 2 atom stereocenters. The number of piperidine rings is 1. The molecule has 2 aromatic heterocycles. The van der Waals surface area contributed by atoms with Crippen LogP contribution in [-0.4, -0.2) is 64.9 Å². The summed E-state index contributed by atoms with van der Waals surface area (Å²) >= 11 is 1.82. The maximum Gasteiger partial charge on any atom is 0.256 e. The first-order chi connectivity index (χ1) is 15.4. The molecular weight excluding hydrogens is 422 g/mol. The molecule has 0 radical (unpaired) electrons. The second-order valence-corrected chi connectivity index (χ2v) is 10.2. The molecule has 0 aliphatic carbocycles. The number of rotatable bonds is 9. The normalized spacial score (nSPS) is 18.9. The Morgan fingerprint density at radius 3 is 2.78 bits per heavy atom. The molecule has 0 bridgehead atoms. The highest BCUT2D eigenvalue weighted by Gasteiger charge is 2.38. The van der Waals surface area contributed by atoms with Crippen LogP contribution in [0.5, 0.6) is 0 Å². The Balaban J connectivity index is 1.81. The third kappa shape index (κ3) is 6.37. The fourth-order valence-electron chi connectivity index (χ4n) is 4.32. The van der Waals surface area contributed by atoms with Gasteiger partial charge in [0.15, 0.2) is 0 Å². The number of amides is 2. The molecule has 0 saturated carbocycles. The summed E-state index contributed by atoms with van der Waals surface area (Å²) in [6.07, 6.45) is 4.65. The zero-order chi connectivity index (χ0) is 23.1. The van der Waals surface area contributed by atoms with Gasteiger partial charge in [-0.05, 0) is 49.9 Å². The molecule has 0 spiro atoms. The first kappa shape index (κ1) is 24.4. The summed E-state index contributed by atoms with van der Waals surface area (Å²) in [7, 11) is 0. The van der Waals surface area contributed by atoms with Crippen LogP contribution in [0, 0.1) is 12.8 Å². The Morgan fingerprint density at radius 2 is 2.16 bits per heavy atom. The SMILES string of the molecule is Cc1ccc(CN(CC(C)C)C2CCN(C(=O)c3cccnc3)[C@@H](C(=O)NCCN)C2)s1. The van der Waals surface area contributed by atoms with Gasteiger partial charge in [0.25, 0.3) is 5.91 Å². The van der Waals surface area contributed by atoms with Crippen molar-refractivity contribution < 1.29 is 9.59 Å². The van der Waals surface area contributed by atoms with Gasteiger partial charge in [-0.2, -0.15) is 0 Å². The lowest BCUT2D eigenvalue weighted by Gasteiger charge is -2.43. The van der Waals surface area contributed by atoms with Gasteiger partial charge in [-0.1, -0.05) is 13.8 Å². The van der Waals surface area contributed by atoms with Gasteiger partial charge >= 0.3 is 0 Å². The van der Waals surface area contributed by atoms with Gasteiger partial charge in [0.2, 0.25) is 5.91 Å². The summed E-state index contributed by atoms with van der Waals surface area (Å²) in [6, 6.07) is 7.56. The molecule has 7 nitrogen and oxygen atoms in total. The van der Waals surface area contributed by atoms with Gasteiger partial charge in [0.1, 0.15) is 6.04 Å². The highest BCUT2D eigenvalue weighted by atomic mass is 32.1. The van der Waals surface area contributed by atoms with Crippen LogP contribution in [-0.2, 0) is 11.3 Å². The van der Waals surface area contributed by atoms with E-state index in [1.54, 1.807) is 29.4 Å². The highest BCUT2D eigenvalue weighted by molar-refractivity contribution is 7.11. The van der Waals surface area contributed by atoms with Gasteiger partial charge in [0, 0.05) is 60.9 Å². The van der Waals surface area contributed by atoms with E-state index < -0.39 is 6.04 Å². The second kappa shape index (κ2) is 11.5. The van der Waals surface area contributed by atoms with Gasteiger partial charge in [-0.25, -0.2) is 0 Å². The molecule has 1 unspecified atom stereocenters. The summed E-state index contributed by atoms with van der Waals surface area (Å²) in [6.45, 7) is 9.70. The summed E-state index contributed by atoms with van der Waals surface area (Å²) in [5, 5.41) is 2.90. The molecule has 3 heterocycles. The minimum atomic E-state index is -0.521. The van der Waals surface area contributed by atoms with Gasteiger partial charge in [-0.3, -0.25) is 19.5 Å². The molecule has 2 aromatic rings. The number of thiophene rings is 1. The third-order valence-corrected chi connectivity index (χ3v) is 6.75. The maximum absolute atomic E-state index is 13.2. The fraction of sp³-hybridized carbons (Fsp3) is 0.542. The zero-order valence-corrected chi connectivity index (χ0v) is 20.1. The van der Waals surface area contributed by atoms with Crippen molar-refractivity contribution >= 4 is 23.2 Å². The number of hydrogen-bond donors (Lipinski definition) is 2. The van der Waals surface area contributed by atoms with Crippen LogP contribution in [0.4, 0.5) is 0 Å². The summed E-state index contributed by atoms with van der Waals surface area (Å²) in [4.78, 5) is 37.2. The average molecular weight is 458 g/mol.